The predicted octanol–water partition coefficient (Wildman–Crippen LogP) is 5.17. The van der Waals surface area contributed by atoms with Crippen LogP contribution in [0.15, 0.2) is 30.3 Å². The lowest BCUT2D eigenvalue weighted by atomic mass is 10.1. The van der Waals surface area contributed by atoms with E-state index in [1.807, 2.05) is 4.72 Å². The van der Waals surface area contributed by atoms with Crippen molar-refractivity contribution in [3.63, 3.8) is 0 Å². The number of alkyl halides is 3. The summed E-state index contributed by atoms with van der Waals surface area (Å²) in [4.78, 5) is 23.3. The quantitative estimate of drug-likeness (QED) is 0.405. The minimum atomic E-state index is -5.08. The van der Waals surface area contributed by atoms with Crippen LogP contribution in [-0.4, -0.2) is 60.9 Å². The van der Waals surface area contributed by atoms with Crippen LogP contribution < -0.4 is 9.46 Å². The van der Waals surface area contributed by atoms with Gasteiger partial charge in [-0.1, -0.05) is 29.3 Å². The van der Waals surface area contributed by atoms with Gasteiger partial charge in [-0.3, -0.25) is 9.69 Å². The molecule has 0 bridgehead atoms. The second-order valence-corrected chi connectivity index (χ2v) is 11.9. The number of likely N-dealkylation sites (tertiary alicyclic amines) is 1. The first-order valence-electron chi connectivity index (χ1n) is 11.7. The Morgan fingerprint density at radius 1 is 1.07 bits per heavy atom. The largest absolute Gasteiger partial charge is 0.490 e. The number of amides is 1. The number of nitrogens with one attached hydrogen (secondary N) is 1. The van der Waals surface area contributed by atoms with Gasteiger partial charge in [0.1, 0.15) is 23.5 Å². The van der Waals surface area contributed by atoms with Crippen molar-refractivity contribution in [3.05, 3.63) is 63.1 Å². The van der Waals surface area contributed by atoms with E-state index in [1.54, 1.807) is 6.07 Å². The second-order valence-electron chi connectivity index (χ2n) is 9.09. The SMILES string of the molecule is O=C(NS(=O)(=O)C1CC1)c1cc(Cl)c(O[C@@H]2CCCN(Cc3ccc(F)cc3Cl)C2)cc1F.O=C(O)C(F)(F)F. The monoisotopic (exact) mass is 632 g/mol. The van der Waals surface area contributed by atoms with E-state index in [4.69, 9.17) is 37.8 Å². The van der Waals surface area contributed by atoms with E-state index in [0.717, 1.165) is 30.7 Å². The maximum absolute atomic E-state index is 14.6. The number of carbonyl (C=O) groups is 2. The molecule has 0 spiro atoms. The molecular weight excluding hydrogens is 610 g/mol. The number of carboxylic acids is 1. The number of piperidine rings is 1. The van der Waals surface area contributed by atoms with Crippen molar-refractivity contribution in [1.82, 2.24) is 9.62 Å². The highest BCUT2D eigenvalue weighted by Gasteiger charge is 2.38. The lowest BCUT2D eigenvalue weighted by Gasteiger charge is -2.33. The van der Waals surface area contributed by atoms with Crippen LogP contribution in [0.2, 0.25) is 10.0 Å². The molecule has 16 heteroatoms. The first-order valence-corrected chi connectivity index (χ1v) is 14.0. The molecule has 1 aliphatic heterocycles. The average Bonchev–Trinajstić information content (AvgIpc) is 3.69. The Balaban J connectivity index is 0.000000559. The highest BCUT2D eigenvalue weighted by Crippen LogP contribution is 2.32. The molecule has 1 amide bonds. The summed E-state index contributed by atoms with van der Waals surface area (Å²) in [6.45, 7) is 1.83. The van der Waals surface area contributed by atoms with Crippen molar-refractivity contribution in [2.24, 2.45) is 0 Å². The van der Waals surface area contributed by atoms with Gasteiger partial charge in [0, 0.05) is 24.2 Å². The fraction of sp³-hybridized carbons (Fsp3) is 0.417. The van der Waals surface area contributed by atoms with Gasteiger partial charge in [0.05, 0.1) is 15.8 Å². The molecule has 2 aromatic carbocycles. The van der Waals surface area contributed by atoms with Crippen molar-refractivity contribution in [2.45, 2.75) is 49.8 Å². The molecule has 8 nitrogen and oxygen atoms in total. The number of carboxylic acid groups (broad SMARTS) is 1. The molecule has 4 rings (SSSR count). The number of hydrogen-bond acceptors (Lipinski definition) is 6. The summed E-state index contributed by atoms with van der Waals surface area (Å²) in [5.41, 5.74) is 0.326. The number of nitrogens with zero attached hydrogens (tertiary/aromatic N) is 1. The zero-order valence-electron chi connectivity index (χ0n) is 20.5. The van der Waals surface area contributed by atoms with E-state index in [2.05, 4.69) is 4.90 Å². The molecule has 220 valence electrons. The highest BCUT2D eigenvalue weighted by molar-refractivity contribution is 7.91. The minimum Gasteiger partial charge on any atom is -0.487 e. The number of rotatable bonds is 7. The van der Waals surface area contributed by atoms with Crippen LogP contribution in [0.5, 0.6) is 5.75 Å². The lowest BCUT2D eigenvalue weighted by Crippen LogP contribution is -2.40. The van der Waals surface area contributed by atoms with Crippen LogP contribution >= 0.6 is 23.2 Å². The van der Waals surface area contributed by atoms with E-state index < -0.39 is 50.5 Å². The van der Waals surface area contributed by atoms with Gasteiger partial charge in [-0.2, -0.15) is 13.2 Å². The first-order chi connectivity index (χ1) is 18.6. The van der Waals surface area contributed by atoms with Crippen molar-refractivity contribution in [2.75, 3.05) is 13.1 Å². The van der Waals surface area contributed by atoms with Crippen LogP contribution in [0.1, 0.15) is 41.6 Å². The zero-order chi connectivity index (χ0) is 29.8. The minimum absolute atomic E-state index is 0.00377. The fourth-order valence-corrected chi connectivity index (χ4v) is 5.49. The Bertz CT molecular complexity index is 1370. The average molecular weight is 633 g/mol. The lowest BCUT2D eigenvalue weighted by molar-refractivity contribution is -0.192. The van der Waals surface area contributed by atoms with E-state index in [9.17, 15) is 35.2 Å². The molecule has 2 N–H and O–H groups in total. The van der Waals surface area contributed by atoms with Crippen LogP contribution in [0, 0.1) is 11.6 Å². The van der Waals surface area contributed by atoms with Crippen LogP contribution in [0.25, 0.3) is 0 Å². The Kier molecular flexibility index (Phi) is 10.3. The number of ether oxygens (including phenoxy) is 1. The summed E-state index contributed by atoms with van der Waals surface area (Å²) in [5.74, 6) is -5.08. The van der Waals surface area contributed by atoms with E-state index in [0.29, 0.717) is 37.4 Å². The Morgan fingerprint density at radius 2 is 1.73 bits per heavy atom. The maximum atomic E-state index is 14.6. The van der Waals surface area contributed by atoms with Gasteiger partial charge in [-0.15, -0.1) is 0 Å². The number of benzene rings is 2. The molecule has 40 heavy (non-hydrogen) atoms. The standard InChI is InChI=1S/C22H22Cl2F2N2O4S.C2HF3O2/c23-18-8-14(25)4-3-13(18)11-28-7-1-2-15(12-28)32-21-10-20(26)17(9-19(21)24)22(29)27-33(30,31)16-5-6-16;3-2(4,5)1(6)7/h3-4,8-10,15-16H,1-2,5-7,11-12H2,(H,27,29);(H,6,7)/t15-;/m1./s1. The van der Waals surface area contributed by atoms with Crippen molar-refractivity contribution in [1.29, 1.82) is 0 Å². The maximum Gasteiger partial charge on any atom is 0.490 e. The Labute approximate surface area is 236 Å². The van der Waals surface area contributed by atoms with Gasteiger partial charge in [0.25, 0.3) is 5.91 Å². The zero-order valence-corrected chi connectivity index (χ0v) is 22.8. The summed E-state index contributed by atoms with van der Waals surface area (Å²) < 4.78 is 91.4. The van der Waals surface area contributed by atoms with Gasteiger partial charge >= 0.3 is 12.1 Å². The molecule has 1 atom stereocenters. The summed E-state index contributed by atoms with van der Waals surface area (Å²) in [6, 6.07) is 6.33. The van der Waals surface area contributed by atoms with Crippen LogP contribution in [0.4, 0.5) is 22.0 Å². The van der Waals surface area contributed by atoms with Crippen LogP contribution in [0.3, 0.4) is 0 Å². The summed E-state index contributed by atoms with van der Waals surface area (Å²) in [6.07, 6.45) is -2.88. The summed E-state index contributed by atoms with van der Waals surface area (Å²) in [5, 5.41) is 6.87. The molecule has 1 saturated carbocycles. The van der Waals surface area contributed by atoms with Crippen LogP contribution in [-0.2, 0) is 21.4 Å². The third-order valence-electron chi connectivity index (χ3n) is 5.87. The van der Waals surface area contributed by atoms with E-state index >= 15 is 0 Å². The molecule has 1 aliphatic carbocycles. The molecule has 2 fully saturated rings. The predicted molar refractivity (Wildman–Crippen MR) is 135 cm³/mol. The number of halogens is 7. The van der Waals surface area contributed by atoms with E-state index in [-0.39, 0.29) is 16.9 Å². The molecule has 1 heterocycles. The first kappa shape index (κ1) is 31.8. The second kappa shape index (κ2) is 12.9. The van der Waals surface area contributed by atoms with E-state index in [1.165, 1.54) is 12.1 Å². The topological polar surface area (TPSA) is 113 Å². The fourth-order valence-electron chi connectivity index (χ4n) is 3.76. The molecule has 0 unspecified atom stereocenters. The van der Waals surface area contributed by atoms with Crippen molar-refractivity contribution >= 4 is 45.1 Å². The molecular formula is C24H23Cl2F5N2O6S. The van der Waals surface area contributed by atoms with Crippen molar-refractivity contribution in [3.8, 4) is 5.75 Å². The molecule has 1 saturated heterocycles. The van der Waals surface area contributed by atoms with Gasteiger partial charge < -0.3 is 9.84 Å². The van der Waals surface area contributed by atoms with Crippen molar-refractivity contribution < 1.29 is 49.8 Å². The van der Waals surface area contributed by atoms with Gasteiger partial charge in [0.2, 0.25) is 10.0 Å². The number of aliphatic carboxylic acids is 1. The number of hydrogen-bond donors (Lipinski definition) is 2. The molecule has 2 aliphatic rings. The third-order valence-corrected chi connectivity index (χ3v) is 8.34. The molecule has 0 radical (unpaired) electrons. The third kappa shape index (κ3) is 8.91. The molecule has 2 aromatic rings. The number of sulfonamides is 1. The normalized spacial score (nSPS) is 17.9. The smallest absolute Gasteiger partial charge is 0.487 e. The summed E-state index contributed by atoms with van der Waals surface area (Å²) >= 11 is 12.4. The highest BCUT2D eigenvalue weighted by atomic mass is 35.5. The van der Waals surface area contributed by atoms with Gasteiger partial charge in [-0.25, -0.2) is 26.7 Å². The number of carbonyl (C=O) groups excluding carboxylic acids is 1. The van der Waals surface area contributed by atoms with Gasteiger partial charge in [-0.05, 0) is 56.0 Å². The molecule has 0 aromatic heterocycles. The Morgan fingerprint density at radius 3 is 2.30 bits per heavy atom. The van der Waals surface area contributed by atoms with Gasteiger partial charge in [0.15, 0.2) is 0 Å². The summed E-state index contributed by atoms with van der Waals surface area (Å²) in [7, 11) is -3.81. The Hall–Kier alpha value is -2.68.